The molecule has 0 aliphatic rings. The third-order valence-electron chi connectivity index (χ3n) is 4.88. The average Bonchev–Trinajstić information content (AvgIpc) is 2.68. The number of nitro benzene ring substituents is 1. The Kier molecular flexibility index (Phi) is 10.2. The summed E-state index contributed by atoms with van der Waals surface area (Å²) in [5, 5.41) is 29.8. The van der Waals surface area contributed by atoms with E-state index >= 15 is 0 Å². The van der Waals surface area contributed by atoms with Gasteiger partial charge in [0.15, 0.2) is 5.96 Å². The minimum Gasteiger partial charge on any atom is -0.396 e. The van der Waals surface area contributed by atoms with Crippen molar-refractivity contribution in [3.05, 3.63) is 34.4 Å². The summed E-state index contributed by atoms with van der Waals surface area (Å²) < 4.78 is 0. The maximum Gasteiger partial charge on any atom is 0.269 e. The molecule has 0 aliphatic carbocycles. The zero-order valence-corrected chi connectivity index (χ0v) is 16.6. The van der Waals surface area contributed by atoms with Crippen LogP contribution in [0.5, 0.6) is 0 Å². The third-order valence-corrected chi connectivity index (χ3v) is 4.88. The number of hydrogen-bond acceptors (Lipinski definition) is 5. The molecule has 8 nitrogen and oxygen atoms in total. The molecule has 0 amide bonds. The summed E-state index contributed by atoms with van der Waals surface area (Å²) in [5.41, 5.74) is 0.954. The molecule has 152 valence electrons. The Labute approximate surface area is 161 Å². The van der Waals surface area contributed by atoms with Gasteiger partial charge < -0.3 is 21.1 Å². The Morgan fingerprint density at radius 2 is 1.81 bits per heavy atom. The normalized spacial score (nSPS) is 11.9. The second-order valence-corrected chi connectivity index (χ2v) is 6.53. The van der Waals surface area contributed by atoms with Crippen molar-refractivity contribution >= 4 is 17.3 Å². The third kappa shape index (κ3) is 7.82. The van der Waals surface area contributed by atoms with E-state index in [9.17, 15) is 15.2 Å². The number of hydrogen-bond donors (Lipinski definition) is 4. The maximum atomic E-state index is 10.7. The largest absolute Gasteiger partial charge is 0.396 e. The van der Waals surface area contributed by atoms with E-state index in [2.05, 4.69) is 29.8 Å². The van der Waals surface area contributed by atoms with Gasteiger partial charge in [-0.3, -0.25) is 15.1 Å². The van der Waals surface area contributed by atoms with Crippen molar-refractivity contribution < 1.29 is 10.0 Å². The first kappa shape index (κ1) is 22.7. The molecular weight excluding hydrogens is 346 g/mol. The van der Waals surface area contributed by atoms with E-state index in [0.29, 0.717) is 19.6 Å². The van der Waals surface area contributed by atoms with Crippen LogP contribution in [-0.4, -0.2) is 48.8 Å². The number of aliphatic imine (C=N–C) groups is 1. The van der Waals surface area contributed by atoms with Crippen molar-refractivity contribution in [3.63, 3.8) is 0 Å². The number of benzene rings is 1. The number of guanidine groups is 1. The van der Waals surface area contributed by atoms with E-state index < -0.39 is 4.92 Å². The van der Waals surface area contributed by atoms with Gasteiger partial charge in [-0.25, -0.2) is 0 Å². The fourth-order valence-corrected chi connectivity index (χ4v) is 2.82. The van der Waals surface area contributed by atoms with Crippen LogP contribution >= 0.6 is 0 Å². The van der Waals surface area contributed by atoms with Crippen LogP contribution in [0.15, 0.2) is 29.3 Å². The number of aliphatic hydroxyl groups is 1. The average molecular weight is 380 g/mol. The van der Waals surface area contributed by atoms with Gasteiger partial charge in [0.1, 0.15) is 0 Å². The lowest BCUT2D eigenvalue weighted by Gasteiger charge is -2.29. The highest BCUT2D eigenvalue weighted by atomic mass is 16.6. The Morgan fingerprint density at radius 1 is 1.15 bits per heavy atom. The summed E-state index contributed by atoms with van der Waals surface area (Å²) in [6, 6.07) is 6.36. The molecule has 0 atom stereocenters. The Balaban J connectivity index is 2.53. The first-order valence-corrected chi connectivity index (χ1v) is 9.61. The van der Waals surface area contributed by atoms with Gasteiger partial charge in [0.2, 0.25) is 0 Å². The molecular formula is C19H33N5O3. The lowest BCUT2D eigenvalue weighted by atomic mass is 9.79. The lowest BCUT2D eigenvalue weighted by Crippen LogP contribution is -2.40. The molecule has 8 heteroatoms. The minimum absolute atomic E-state index is 0.0358. The summed E-state index contributed by atoms with van der Waals surface area (Å²) >= 11 is 0. The quantitative estimate of drug-likeness (QED) is 0.146. The van der Waals surface area contributed by atoms with E-state index in [1.807, 2.05) is 6.92 Å². The predicted molar refractivity (Wildman–Crippen MR) is 110 cm³/mol. The number of non-ortho nitro benzene ring substituents is 1. The first-order chi connectivity index (χ1) is 13.0. The summed E-state index contributed by atoms with van der Waals surface area (Å²) in [4.78, 5) is 15.0. The Morgan fingerprint density at radius 3 is 2.33 bits per heavy atom. The fourth-order valence-electron chi connectivity index (χ4n) is 2.82. The van der Waals surface area contributed by atoms with Crippen LogP contribution in [0.1, 0.15) is 40.0 Å². The summed E-state index contributed by atoms with van der Waals surface area (Å²) in [5.74, 6) is 0.757. The van der Waals surface area contributed by atoms with Gasteiger partial charge in [0, 0.05) is 50.6 Å². The fraction of sp³-hybridized carbons (Fsp3) is 0.632. The van der Waals surface area contributed by atoms with Crippen molar-refractivity contribution in [3.8, 4) is 0 Å². The van der Waals surface area contributed by atoms with Crippen molar-refractivity contribution in [1.82, 2.24) is 10.6 Å². The lowest BCUT2D eigenvalue weighted by molar-refractivity contribution is -0.384. The summed E-state index contributed by atoms with van der Waals surface area (Å²) in [7, 11) is 0. The van der Waals surface area contributed by atoms with Gasteiger partial charge in [0.05, 0.1) is 4.92 Å². The van der Waals surface area contributed by atoms with E-state index in [1.54, 1.807) is 12.1 Å². The standard InChI is InChI=1S/C19H33N5O3/c1-4-19(5-2,11-14-25)15-23-18(20-6-3)22-13-12-21-16-7-9-17(10-8-16)24(26)27/h7-10,21,25H,4-6,11-15H2,1-3H3,(H2,20,22,23). The van der Waals surface area contributed by atoms with Gasteiger partial charge >= 0.3 is 0 Å². The number of nitro groups is 1. The molecule has 0 radical (unpaired) electrons. The molecule has 0 saturated heterocycles. The van der Waals surface area contributed by atoms with Gasteiger partial charge in [-0.15, -0.1) is 0 Å². The molecule has 0 bridgehead atoms. The second-order valence-electron chi connectivity index (χ2n) is 6.53. The molecule has 1 aromatic carbocycles. The molecule has 0 aromatic heterocycles. The SMILES string of the molecule is CCNC(=NCC(CC)(CC)CCO)NCCNc1ccc([N+](=O)[O-])cc1. The Bertz CT molecular complexity index is 586. The van der Waals surface area contributed by atoms with Crippen molar-refractivity contribution in [2.75, 3.05) is 38.1 Å². The number of aliphatic hydroxyl groups excluding tert-OH is 1. The molecule has 0 saturated carbocycles. The number of nitrogens with zero attached hydrogens (tertiary/aromatic N) is 2. The zero-order valence-electron chi connectivity index (χ0n) is 16.6. The maximum absolute atomic E-state index is 10.7. The first-order valence-electron chi connectivity index (χ1n) is 9.61. The van der Waals surface area contributed by atoms with Crippen molar-refractivity contribution in [1.29, 1.82) is 0 Å². The number of rotatable bonds is 12. The van der Waals surface area contributed by atoms with Crippen LogP contribution in [0.4, 0.5) is 11.4 Å². The molecule has 27 heavy (non-hydrogen) atoms. The summed E-state index contributed by atoms with van der Waals surface area (Å²) in [6.07, 6.45) is 2.72. The van der Waals surface area contributed by atoms with Crippen LogP contribution in [0.25, 0.3) is 0 Å². The summed E-state index contributed by atoms with van der Waals surface area (Å²) in [6.45, 7) is 9.25. The highest BCUT2D eigenvalue weighted by molar-refractivity contribution is 5.79. The van der Waals surface area contributed by atoms with Gasteiger partial charge in [-0.1, -0.05) is 13.8 Å². The molecule has 4 N–H and O–H groups in total. The smallest absolute Gasteiger partial charge is 0.269 e. The van der Waals surface area contributed by atoms with Crippen molar-refractivity contribution in [2.45, 2.75) is 40.0 Å². The van der Waals surface area contributed by atoms with E-state index in [4.69, 9.17) is 4.99 Å². The van der Waals surface area contributed by atoms with Crippen LogP contribution < -0.4 is 16.0 Å². The van der Waals surface area contributed by atoms with Gasteiger partial charge in [-0.2, -0.15) is 0 Å². The molecule has 0 spiro atoms. The predicted octanol–water partition coefficient (Wildman–Crippen LogP) is 2.75. The van der Waals surface area contributed by atoms with Crippen LogP contribution in [0, 0.1) is 15.5 Å². The van der Waals surface area contributed by atoms with Crippen LogP contribution in [0.2, 0.25) is 0 Å². The molecule has 0 heterocycles. The number of anilines is 1. The van der Waals surface area contributed by atoms with Gasteiger partial charge in [0.25, 0.3) is 5.69 Å². The molecule has 1 rings (SSSR count). The van der Waals surface area contributed by atoms with E-state index in [1.165, 1.54) is 12.1 Å². The molecule has 0 unspecified atom stereocenters. The Hall–Kier alpha value is -2.35. The molecule has 0 aliphatic heterocycles. The number of nitrogens with one attached hydrogen (secondary N) is 3. The molecule has 1 aromatic rings. The van der Waals surface area contributed by atoms with E-state index in [0.717, 1.165) is 37.5 Å². The molecule has 0 fully saturated rings. The second kappa shape index (κ2) is 12.1. The highest BCUT2D eigenvalue weighted by Crippen LogP contribution is 2.30. The zero-order chi connectivity index (χ0) is 20.1. The highest BCUT2D eigenvalue weighted by Gasteiger charge is 2.25. The topological polar surface area (TPSA) is 112 Å². The monoisotopic (exact) mass is 379 g/mol. The van der Waals surface area contributed by atoms with Gasteiger partial charge in [-0.05, 0) is 43.7 Å². The minimum atomic E-state index is -0.409. The van der Waals surface area contributed by atoms with E-state index in [-0.39, 0.29) is 17.7 Å². The van der Waals surface area contributed by atoms with Crippen LogP contribution in [0.3, 0.4) is 0 Å². The van der Waals surface area contributed by atoms with Crippen molar-refractivity contribution in [2.24, 2.45) is 10.4 Å². The van der Waals surface area contributed by atoms with Crippen LogP contribution in [-0.2, 0) is 0 Å².